The molecule has 0 atom stereocenters. The monoisotopic (exact) mass is 383 g/mol. The summed E-state index contributed by atoms with van der Waals surface area (Å²) in [5.74, 6) is 0.463. The molecule has 0 saturated carbocycles. The number of hydrogen-bond donors (Lipinski definition) is 2. The zero-order valence-corrected chi connectivity index (χ0v) is 15.9. The highest BCUT2D eigenvalue weighted by Gasteiger charge is 2.17. The van der Waals surface area contributed by atoms with Crippen molar-refractivity contribution in [3.8, 4) is 23.3 Å². The molecule has 0 unspecified atom stereocenters. The van der Waals surface area contributed by atoms with E-state index in [1.807, 2.05) is 6.07 Å². The van der Waals surface area contributed by atoms with Crippen LogP contribution in [0.4, 0.5) is 5.69 Å². The van der Waals surface area contributed by atoms with Crippen LogP contribution >= 0.6 is 0 Å². The lowest BCUT2D eigenvalue weighted by Gasteiger charge is -2.14. The maximum atomic E-state index is 12.5. The molecule has 0 spiro atoms. The molecule has 0 aliphatic heterocycles. The topological polar surface area (TPSA) is 110 Å². The number of hydrogen-bond acceptors (Lipinski definition) is 6. The molecule has 2 amide bonds. The molecule has 28 heavy (non-hydrogen) atoms. The van der Waals surface area contributed by atoms with E-state index in [2.05, 4.69) is 10.6 Å². The predicted octanol–water partition coefficient (Wildman–Crippen LogP) is 2.49. The predicted molar refractivity (Wildman–Crippen MR) is 103 cm³/mol. The Balaban J connectivity index is 2.10. The van der Waals surface area contributed by atoms with E-state index < -0.39 is 0 Å². The summed E-state index contributed by atoms with van der Waals surface area (Å²) in [6, 6.07) is 11.9. The molecule has 0 aliphatic rings. The van der Waals surface area contributed by atoms with Crippen LogP contribution in [0.2, 0.25) is 0 Å². The maximum Gasteiger partial charge on any atom is 0.251 e. The minimum atomic E-state index is -0.388. The summed E-state index contributed by atoms with van der Waals surface area (Å²) >= 11 is 0. The highest BCUT2D eigenvalue weighted by Crippen LogP contribution is 2.38. The number of carbonyl (C=O) groups excluding carboxylic acids is 2. The van der Waals surface area contributed by atoms with Crippen molar-refractivity contribution in [2.24, 2.45) is 0 Å². The lowest BCUT2D eigenvalue weighted by molar-refractivity contribution is -0.115. The van der Waals surface area contributed by atoms with Gasteiger partial charge in [0.25, 0.3) is 5.91 Å². The summed E-state index contributed by atoms with van der Waals surface area (Å²) in [5, 5.41) is 14.0. The minimum Gasteiger partial charge on any atom is -0.493 e. The van der Waals surface area contributed by atoms with Crippen molar-refractivity contribution in [1.29, 1.82) is 5.26 Å². The van der Waals surface area contributed by atoms with Crippen LogP contribution in [0.5, 0.6) is 17.2 Å². The van der Waals surface area contributed by atoms with Crippen LogP contribution in [-0.2, 0) is 11.3 Å². The Morgan fingerprint density at radius 3 is 2.29 bits per heavy atom. The Morgan fingerprint density at radius 2 is 1.71 bits per heavy atom. The zero-order chi connectivity index (χ0) is 20.5. The molecule has 0 heterocycles. The molecule has 8 heteroatoms. The van der Waals surface area contributed by atoms with E-state index in [1.165, 1.54) is 21.3 Å². The average Bonchev–Trinajstić information content (AvgIpc) is 2.71. The maximum absolute atomic E-state index is 12.5. The van der Waals surface area contributed by atoms with Crippen LogP contribution in [0, 0.1) is 11.3 Å². The van der Waals surface area contributed by atoms with Gasteiger partial charge in [0.15, 0.2) is 11.5 Å². The van der Waals surface area contributed by atoms with Gasteiger partial charge in [-0.2, -0.15) is 5.26 Å². The third kappa shape index (κ3) is 5.14. The SMILES string of the molecule is COc1cc(C(=O)NCc2cccc(NC(=O)CC#N)c2)cc(OC)c1OC. The average molecular weight is 383 g/mol. The molecule has 0 saturated heterocycles. The fourth-order valence-corrected chi connectivity index (χ4v) is 2.53. The molecule has 0 aliphatic carbocycles. The van der Waals surface area contributed by atoms with Crippen LogP contribution in [0.25, 0.3) is 0 Å². The van der Waals surface area contributed by atoms with E-state index >= 15 is 0 Å². The Morgan fingerprint density at radius 1 is 1.04 bits per heavy atom. The Hall–Kier alpha value is -3.73. The number of nitrogens with one attached hydrogen (secondary N) is 2. The quantitative estimate of drug-likeness (QED) is 0.725. The van der Waals surface area contributed by atoms with E-state index in [-0.39, 0.29) is 24.8 Å². The fraction of sp³-hybridized carbons (Fsp3) is 0.250. The van der Waals surface area contributed by atoms with Crippen molar-refractivity contribution in [1.82, 2.24) is 5.32 Å². The molecule has 8 nitrogen and oxygen atoms in total. The van der Waals surface area contributed by atoms with E-state index in [9.17, 15) is 9.59 Å². The van der Waals surface area contributed by atoms with Gasteiger partial charge in [0.1, 0.15) is 6.42 Å². The molecule has 2 rings (SSSR count). The molecule has 0 radical (unpaired) electrons. The third-order valence-electron chi connectivity index (χ3n) is 3.83. The van der Waals surface area contributed by atoms with Crippen LogP contribution in [0.1, 0.15) is 22.3 Å². The standard InChI is InChI=1S/C20H21N3O5/c1-26-16-10-14(11-17(27-2)19(16)28-3)20(25)22-12-13-5-4-6-15(9-13)23-18(24)7-8-21/h4-6,9-11H,7,12H2,1-3H3,(H,22,25)(H,23,24). The second-order valence-corrected chi connectivity index (χ2v) is 5.68. The molecule has 2 N–H and O–H groups in total. The summed E-state index contributed by atoms with van der Waals surface area (Å²) in [5.41, 5.74) is 1.70. The number of benzene rings is 2. The van der Waals surface area contributed by atoms with Crippen molar-refractivity contribution < 1.29 is 23.8 Å². The van der Waals surface area contributed by atoms with Gasteiger partial charge in [-0.25, -0.2) is 0 Å². The molecular formula is C20H21N3O5. The van der Waals surface area contributed by atoms with Crippen molar-refractivity contribution in [2.45, 2.75) is 13.0 Å². The van der Waals surface area contributed by atoms with Crippen LogP contribution in [0.15, 0.2) is 36.4 Å². The van der Waals surface area contributed by atoms with Gasteiger partial charge in [-0.3, -0.25) is 9.59 Å². The van der Waals surface area contributed by atoms with E-state index in [4.69, 9.17) is 19.5 Å². The van der Waals surface area contributed by atoms with Crippen molar-refractivity contribution >= 4 is 17.5 Å². The molecular weight excluding hydrogens is 362 g/mol. The van der Waals surface area contributed by atoms with Crippen LogP contribution in [0.3, 0.4) is 0 Å². The van der Waals surface area contributed by atoms with Gasteiger partial charge in [0.2, 0.25) is 11.7 Å². The van der Waals surface area contributed by atoms with E-state index in [0.29, 0.717) is 28.5 Å². The van der Waals surface area contributed by atoms with E-state index in [0.717, 1.165) is 5.56 Å². The normalized spacial score (nSPS) is 9.79. The molecule has 146 valence electrons. The first kappa shape index (κ1) is 20.6. The fourth-order valence-electron chi connectivity index (χ4n) is 2.53. The number of carbonyl (C=O) groups is 2. The highest BCUT2D eigenvalue weighted by molar-refractivity contribution is 5.95. The summed E-state index contributed by atoms with van der Waals surface area (Å²) in [6.45, 7) is 0.247. The molecule has 2 aromatic carbocycles. The number of amides is 2. The second-order valence-electron chi connectivity index (χ2n) is 5.68. The molecule has 2 aromatic rings. The van der Waals surface area contributed by atoms with Gasteiger partial charge in [-0.15, -0.1) is 0 Å². The minimum absolute atomic E-state index is 0.220. The van der Waals surface area contributed by atoms with Gasteiger partial charge in [0, 0.05) is 17.8 Å². The molecule has 0 fully saturated rings. The van der Waals surface area contributed by atoms with Gasteiger partial charge >= 0.3 is 0 Å². The Labute approximate surface area is 163 Å². The largest absolute Gasteiger partial charge is 0.493 e. The summed E-state index contributed by atoms with van der Waals surface area (Å²) < 4.78 is 15.8. The zero-order valence-electron chi connectivity index (χ0n) is 15.9. The number of methoxy groups -OCH3 is 3. The van der Waals surface area contributed by atoms with Crippen LogP contribution in [-0.4, -0.2) is 33.1 Å². The van der Waals surface area contributed by atoms with Gasteiger partial charge in [-0.1, -0.05) is 12.1 Å². The molecule has 0 aromatic heterocycles. The Kier molecular flexibility index (Phi) is 7.22. The number of rotatable bonds is 8. The first-order chi connectivity index (χ1) is 13.5. The van der Waals surface area contributed by atoms with Crippen molar-refractivity contribution in [3.05, 3.63) is 47.5 Å². The van der Waals surface area contributed by atoms with Crippen LogP contribution < -0.4 is 24.8 Å². The first-order valence-corrected chi connectivity index (χ1v) is 8.36. The number of ether oxygens (including phenoxy) is 3. The van der Waals surface area contributed by atoms with Gasteiger partial charge in [0.05, 0.1) is 27.4 Å². The summed E-state index contributed by atoms with van der Waals surface area (Å²) in [6.07, 6.45) is -0.220. The Bertz CT molecular complexity index is 880. The second kappa shape index (κ2) is 9.83. The lowest BCUT2D eigenvalue weighted by atomic mass is 10.1. The highest BCUT2D eigenvalue weighted by atomic mass is 16.5. The van der Waals surface area contributed by atoms with Crippen molar-refractivity contribution in [3.63, 3.8) is 0 Å². The van der Waals surface area contributed by atoms with Crippen molar-refractivity contribution in [2.75, 3.05) is 26.6 Å². The van der Waals surface area contributed by atoms with Gasteiger partial charge < -0.3 is 24.8 Å². The summed E-state index contributed by atoms with van der Waals surface area (Å²) in [7, 11) is 4.44. The number of nitriles is 1. The number of anilines is 1. The van der Waals surface area contributed by atoms with E-state index in [1.54, 1.807) is 36.4 Å². The molecule has 0 bridgehead atoms. The third-order valence-corrected chi connectivity index (χ3v) is 3.83. The lowest BCUT2D eigenvalue weighted by Crippen LogP contribution is -2.23. The number of nitrogens with zero attached hydrogens (tertiary/aromatic N) is 1. The summed E-state index contributed by atoms with van der Waals surface area (Å²) in [4.78, 5) is 24.0. The smallest absolute Gasteiger partial charge is 0.251 e. The first-order valence-electron chi connectivity index (χ1n) is 8.36. The van der Waals surface area contributed by atoms with Gasteiger partial charge in [-0.05, 0) is 29.8 Å².